The highest BCUT2D eigenvalue weighted by Gasteiger charge is 2.09. The fourth-order valence-corrected chi connectivity index (χ4v) is 1.51. The maximum atomic E-state index is 12.9. The van der Waals surface area contributed by atoms with E-state index < -0.39 is 18.6 Å². The van der Waals surface area contributed by atoms with Crippen LogP contribution in [0.15, 0.2) is 22.7 Å². The Hall–Kier alpha value is -0.980. The highest BCUT2D eigenvalue weighted by atomic mass is 79.9. The lowest BCUT2D eigenvalue weighted by Crippen LogP contribution is -2.19. The summed E-state index contributed by atoms with van der Waals surface area (Å²) in [4.78, 5) is 10.2. The first kappa shape index (κ1) is 13.1. The molecule has 0 bridgehead atoms. The van der Waals surface area contributed by atoms with Gasteiger partial charge in [-0.1, -0.05) is 6.07 Å². The van der Waals surface area contributed by atoms with Gasteiger partial charge in [-0.05, 0) is 33.6 Å². The molecule has 1 unspecified atom stereocenters. The number of nitrogens with two attached hydrogens (primary N) is 1. The van der Waals surface area contributed by atoms with Gasteiger partial charge in [0.15, 0.2) is 0 Å². The zero-order valence-electron chi connectivity index (χ0n) is 8.32. The third-order valence-electron chi connectivity index (χ3n) is 1.89. The van der Waals surface area contributed by atoms with Gasteiger partial charge in [-0.2, -0.15) is 0 Å². The van der Waals surface area contributed by atoms with Crippen molar-refractivity contribution in [2.24, 2.45) is 5.73 Å². The van der Waals surface area contributed by atoms with Crippen LogP contribution < -0.4 is 5.73 Å². The Labute approximate surface area is 100 Å². The van der Waals surface area contributed by atoms with Crippen LogP contribution in [0.25, 0.3) is 0 Å². The van der Waals surface area contributed by atoms with Crippen molar-refractivity contribution < 1.29 is 19.0 Å². The summed E-state index contributed by atoms with van der Waals surface area (Å²) in [6, 6.07) is 3.89. The highest BCUT2D eigenvalue weighted by Crippen LogP contribution is 2.20. The summed E-state index contributed by atoms with van der Waals surface area (Å²) in [7, 11) is 0. The Morgan fingerprint density at radius 2 is 2.31 bits per heavy atom. The van der Waals surface area contributed by atoms with E-state index in [0.29, 0.717) is 10.0 Å². The van der Waals surface area contributed by atoms with Crippen LogP contribution >= 0.6 is 15.9 Å². The minimum atomic E-state index is -1.05. The van der Waals surface area contributed by atoms with Gasteiger partial charge in [0.1, 0.15) is 12.4 Å². The average molecular weight is 292 g/mol. The minimum Gasteiger partial charge on any atom is -0.480 e. The number of hydrogen-bond acceptors (Lipinski definition) is 3. The van der Waals surface area contributed by atoms with E-state index in [-0.39, 0.29) is 12.4 Å². The van der Waals surface area contributed by atoms with Crippen LogP contribution in [0.5, 0.6) is 0 Å². The summed E-state index contributed by atoms with van der Waals surface area (Å²) in [5.74, 6) is -1.42. The predicted octanol–water partition coefficient (Wildman–Crippen LogP) is 1.69. The Balaban J connectivity index is 2.55. The fourth-order valence-electron chi connectivity index (χ4n) is 1.11. The molecule has 6 heteroatoms. The van der Waals surface area contributed by atoms with E-state index in [1.807, 2.05) is 0 Å². The highest BCUT2D eigenvalue weighted by molar-refractivity contribution is 9.10. The first-order chi connectivity index (χ1) is 7.50. The summed E-state index contributed by atoms with van der Waals surface area (Å²) in [5.41, 5.74) is 6.42. The number of aliphatic carboxylic acids is 1. The molecular weight excluding hydrogens is 281 g/mol. The third kappa shape index (κ3) is 3.88. The Morgan fingerprint density at radius 3 is 2.88 bits per heavy atom. The molecule has 0 aromatic heterocycles. The molecule has 1 atom stereocenters. The lowest BCUT2D eigenvalue weighted by molar-refractivity contribution is -0.142. The molecule has 0 radical (unpaired) electrons. The van der Waals surface area contributed by atoms with Crippen molar-refractivity contribution in [1.82, 2.24) is 0 Å². The molecule has 16 heavy (non-hydrogen) atoms. The largest absolute Gasteiger partial charge is 0.480 e. The standard InChI is InChI=1S/C10H11BrFNO3/c11-7-3-6(1-2-8(7)12)9(13)4-16-5-10(14)15/h1-3,9H,4-5,13H2,(H,14,15). The summed E-state index contributed by atoms with van der Waals surface area (Å²) >= 11 is 3.04. The molecule has 0 aliphatic heterocycles. The molecule has 0 aliphatic rings. The van der Waals surface area contributed by atoms with Gasteiger partial charge in [0, 0.05) is 0 Å². The molecule has 88 valence electrons. The van der Waals surface area contributed by atoms with Crippen LogP contribution in [0.2, 0.25) is 0 Å². The number of ether oxygens (including phenoxy) is 1. The number of halogens is 2. The molecule has 0 heterocycles. The second-order valence-electron chi connectivity index (χ2n) is 3.19. The van der Waals surface area contributed by atoms with Crippen LogP contribution in [-0.4, -0.2) is 24.3 Å². The quantitative estimate of drug-likeness (QED) is 0.866. The summed E-state index contributed by atoms with van der Waals surface area (Å²) < 4.78 is 18.1. The van der Waals surface area contributed by atoms with Gasteiger partial charge >= 0.3 is 5.97 Å². The molecule has 1 aromatic carbocycles. The van der Waals surface area contributed by atoms with Crippen LogP contribution in [0.4, 0.5) is 4.39 Å². The lowest BCUT2D eigenvalue weighted by Gasteiger charge is -2.12. The molecule has 0 fully saturated rings. The van der Waals surface area contributed by atoms with E-state index in [1.54, 1.807) is 6.07 Å². The summed E-state index contributed by atoms with van der Waals surface area (Å²) in [6.07, 6.45) is 0. The van der Waals surface area contributed by atoms with Crippen molar-refractivity contribution in [2.45, 2.75) is 6.04 Å². The van der Waals surface area contributed by atoms with Crippen molar-refractivity contribution in [3.63, 3.8) is 0 Å². The van der Waals surface area contributed by atoms with Gasteiger partial charge in [-0.25, -0.2) is 9.18 Å². The second kappa shape index (κ2) is 5.93. The number of rotatable bonds is 5. The summed E-state index contributed by atoms with van der Waals surface area (Å²) in [6.45, 7) is -0.319. The van der Waals surface area contributed by atoms with Crippen LogP contribution in [0.3, 0.4) is 0 Å². The molecule has 0 amide bonds. The van der Waals surface area contributed by atoms with Gasteiger partial charge in [-0.3, -0.25) is 0 Å². The first-order valence-electron chi connectivity index (χ1n) is 4.50. The first-order valence-corrected chi connectivity index (χ1v) is 5.30. The van der Waals surface area contributed by atoms with Crippen molar-refractivity contribution in [3.05, 3.63) is 34.1 Å². The fraction of sp³-hybridized carbons (Fsp3) is 0.300. The zero-order chi connectivity index (χ0) is 12.1. The van der Waals surface area contributed by atoms with Crippen molar-refractivity contribution in [2.75, 3.05) is 13.2 Å². The van der Waals surface area contributed by atoms with Crippen molar-refractivity contribution >= 4 is 21.9 Å². The molecule has 3 N–H and O–H groups in total. The third-order valence-corrected chi connectivity index (χ3v) is 2.50. The van der Waals surface area contributed by atoms with Gasteiger partial charge < -0.3 is 15.6 Å². The van der Waals surface area contributed by atoms with Gasteiger partial charge in [0.25, 0.3) is 0 Å². The molecular formula is C10H11BrFNO3. The van der Waals surface area contributed by atoms with E-state index in [4.69, 9.17) is 15.6 Å². The second-order valence-corrected chi connectivity index (χ2v) is 4.04. The molecule has 0 saturated heterocycles. The van der Waals surface area contributed by atoms with E-state index in [2.05, 4.69) is 15.9 Å². The topological polar surface area (TPSA) is 72.5 Å². The monoisotopic (exact) mass is 291 g/mol. The molecule has 0 saturated carbocycles. The summed E-state index contributed by atoms with van der Waals surface area (Å²) in [5, 5.41) is 8.35. The Morgan fingerprint density at radius 1 is 1.62 bits per heavy atom. The maximum Gasteiger partial charge on any atom is 0.329 e. The van der Waals surface area contributed by atoms with E-state index in [0.717, 1.165) is 0 Å². The normalized spacial score (nSPS) is 12.4. The SMILES string of the molecule is NC(COCC(=O)O)c1ccc(F)c(Br)c1. The number of carbonyl (C=O) groups is 1. The molecule has 0 aliphatic carbocycles. The Kier molecular flexibility index (Phi) is 4.85. The number of benzene rings is 1. The maximum absolute atomic E-state index is 12.9. The van der Waals surface area contributed by atoms with Gasteiger partial charge in [-0.15, -0.1) is 0 Å². The van der Waals surface area contributed by atoms with Crippen LogP contribution in [-0.2, 0) is 9.53 Å². The average Bonchev–Trinajstić information content (AvgIpc) is 2.21. The number of hydrogen-bond donors (Lipinski definition) is 2. The zero-order valence-corrected chi connectivity index (χ0v) is 9.91. The molecule has 4 nitrogen and oxygen atoms in total. The van der Waals surface area contributed by atoms with Crippen molar-refractivity contribution in [3.8, 4) is 0 Å². The molecule has 0 spiro atoms. The molecule has 1 rings (SSSR count). The van der Waals surface area contributed by atoms with Crippen LogP contribution in [0.1, 0.15) is 11.6 Å². The minimum absolute atomic E-state index is 0.0738. The van der Waals surface area contributed by atoms with Crippen molar-refractivity contribution in [1.29, 1.82) is 0 Å². The van der Waals surface area contributed by atoms with E-state index in [1.165, 1.54) is 12.1 Å². The van der Waals surface area contributed by atoms with E-state index >= 15 is 0 Å². The van der Waals surface area contributed by atoms with Gasteiger partial charge in [0.2, 0.25) is 0 Å². The van der Waals surface area contributed by atoms with Crippen LogP contribution in [0, 0.1) is 5.82 Å². The Bertz CT molecular complexity index is 386. The molecule has 1 aromatic rings. The number of carboxylic acids is 1. The number of carboxylic acid groups (broad SMARTS) is 1. The lowest BCUT2D eigenvalue weighted by atomic mass is 10.1. The smallest absolute Gasteiger partial charge is 0.329 e. The van der Waals surface area contributed by atoms with Gasteiger partial charge in [0.05, 0.1) is 17.1 Å². The van der Waals surface area contributed by atoms with E-state index in [9.17, 15) is 9.18 Å². The predicted molar refractivity (Wildman–Crippen MR) is 59.5 cm³/mol.